The quantitative estimate of drug-likeness (QED) is 0.622. The summed E-state index contributed by atoms with van der Waals surface area (Å²) in [4.78, 5) is 12.8. The van der Waals surface area contributed by atoms with Gasteiger partial charge in [0, 0.05) is 17.8 Å². The molecule has 1 aliphatic heterocycles. The Morgan fingerprint density at radius 3 is 2.00 bits per heavy atom. The van der Waals surface area contributed by atoms with Gasteiger partial charge in [0.15, 0.2) is 11.5 Å². The summed E-state index contributed by atoms with van der Waals surface area (Å²) in [6, 6.07) is 9.68. The Morgan fingerprint density at radius 1 is 0.970 bits per heavy atom. The third kappa shape index (κ3) is 5.42. The molecule has 0 bridgehead atoms. The lowest BCUT2D eigenvalue weighted by Crippen LogP contribution is -2.47. The van der Waals surface area contributed by atoms with Crippen molar-refractivity contribution in [2.24, 2.45) is 0 Å². The molecule has 33 heavy (non-hydrogen) atoms. The van der Waals surface area contributed by atoms with Crippen LogP contribution in [0.5, 0.6) is 17.2 Å². The highest BCUT2D eigenvalue weighted by atomic mass is 32.2. The van der Waals surface area contributed by atoms with E-state index in [0.717, 1.165) is 19.3 Å². The molecule has 0 aliphatic carbocycles. The molecule has 1 amide bonds. The van der Waals surface area contributed by atoms with E-state index >= 15 is 0 Å². The molecule has 2 atom stereocenters. The molecule has 1 aliphatic rings. The number of methoxy groups -OCH3 is 3. The summed E-state index contributed by atoms with van der Waals surface area (Å²) in [5.41, 5.74) is 1.21. The summed E-state index contributed by atoms with van der Waals surface area (Å²) in [6.07, 6.45) is 2.84. The Labute approximate surface area is 195 Å². The van der Waals surface area contributed by atoms with Gasteiger partial charge in [0.05, 0.1) is 32.6 Å². The van der Waals surface area contributed by atoms with Crippen LogP contribution in [0.3, 0.4) is 0 Å². The molecule has 8 nitrogen and oxygen atoms in total. The van der Waals surface area contributed by atoms with Crippen LogP contribution in [0.2, 0.25) is 0 Å². The van der Waals surface area contributed by atoms with Crippen molar-refractivity contribution >= 4 is 21.6 Å². The van der Waals surface area contributed by atoms with E-state index in [1.807, 2.05) is 13.8 Å². The topological polar surface area (TPSA) is 94.2 Å². The van der Waals surface area contributed by atoms with Gasteiger partial charge in [-0.15, -0.1) is 0 Å². The zero-order chi connectivity index (χ0) is 24.2. The first-order chi connectivity index (χ1) is 15.7. The molecule has 0 aromatic heterocycles. The third-order valence-electron chi connectivity index (χ3n) is 5.92. The summed E-state index contributed by atoms with van der Waals surface area (Å²) in [7, 11) is 0.954. The molecular formula is C24H32N2O6S. The number of hydrogen-bond acceptors (Lipinski definition) is 6. The van der Waals surface area contributed by atoms with Crippen LogP contribution >= 0.6 is 0 Å². The van der Waals surface area contributed by atoms with E-state index in [1.165, 1.54) is 21.3 Å². The molecule has 1 saturated heterocycles. The lowest BCUT2D eigenvalue weighted by molar-refractivity contribution is -0.115. The Bertz CT molecular complexity index is 1050. The van der Waals surface area contributed by atoms with Crippen molar-refractivity contribution in [3.05, 3.63) is 42.0 Å². The minimum Gasteiger partial charge on any atom is -0.493 e. The first kappa shape index (κ1) is 24.9. The Hall–Kier alpha value is -2.78. The van der Waals surface area contributed by atoms with E-state index < -0.39 is 10.0 Å². The molecule has 0 radical (unpaired) electrons. The Balaban J connectivity index is 1.72. The molecule has 1 fully saturated rings. The molecule has 1 heterocycles. The number of anilines is 1. The van der Waals surface area contributed by atoms with Gasteiger partial charge in [0.25, 0.3) is 0 Å². The van der Waals surface area contributed by atoms with Crippen LogP contribution in [0.1, 0.15) is 38.7 Å². The smallest absolute Gasteiger partial charge is 0.243 e. The van der Waals surface area contributed by atoms with Crippen molar-refractivity contribution in [1.29, 1.82) is 0 Å². The maximum Gasteiger partial charge on any atom is 0.243 e. The van der Waals surface area contributed by atoms with Crippen LogP contribution in [0.25, 0.3) is 0 Å². The van der Waals surface area contributed by atoms with Gasteiger partial charge < -0.3 is 19.5 Å². The van der Waals surface area contributed by atoms with Gasteiger partial charge in [0.1, 0.15) is 0 Å². The molecule has 0 spiro atoms. The average Bonchev–Trinajstić information content (AvgIpc) is 2.78. The van der Waals surface area contributed by atoms with E-state index in [1.54, 1.807) is 40.7 Å². The predicted octanol–water partition coefficient (Wildman–Crippen LogP) is 3.85. The van der Waals surface area contributed by atoms with Crippen molar-refractivity contribution in [1.82, 2.24) is 4.31 Å². The van der Waals surface area contributed by atoms with Crippen LogP contribution < -0.4 is 19.5 Å². The van der Waals surface area contributed by atoms with E-state index in [9.17, 15) is 13.2 Å². The highest BCUT2D eigenvalue weighted by molar-refractivity contribution is 7.89. The first-order valence-corrected chi connectivity index (χ1v) is 12.4. The zero-order valence-corrected chi connectivity index (χ0v) is 20.6. The largest absolute Gasteiger partial charge is 0.493 e. The van der Waals surface area contributed by atoms with Gasteiger partial charge in [0.2, 0.25) is 21.7 Å². The number of piperidine rings is 1. The zero-order valence-electron chi connectivity index (χ0n) is 19.8. The number of rotatable bonds is 8. The highest BCUT2D eigenvalue weighted by Crippen LogP contribution is 2.38. The highest BCUT2D eigenvalue weighted by Gasteiger charge is 2.35. The normalized spacial score (nSPS) is 19.1. The van der Waals surface area contributed by atoms with Crippen molar-refractivity contribution in [3.8, 4) is 17.2 Å². The Morgan fingerprint density at radius 2 is 1.52 bits per heavy atom. The van der Waals surface area contributed by atoms with Crippen LogP contribution in [-0.4, -0.2) is 52.0 Å². The molecule has 0 saturated carbocycles. The number of carbonyl (C=O) groups excluding carboxylic acids is 1. The van der Waals surface area contributed by atoms with Crippen molar-refractivity contribution in [2.75, 3.05) is 26.6 Å². The minimum atomic E-state index is -3.60. The second kappa shape index (κ2) is 10.4. The lowest BCUT2D eigenvalue weighted by Gasteiger charge is -2.37. The minimum absolute atomic E-state index is 0.0309. The van der Waals surface area contributed by atoms with Crippen molar-refractivity contribution < 1.29 is 27.4 Å². The van der Waals surface area contributed by atoms with Crippen LogP contribution in [-0.2, 0) is 21.2 Å². The SMILES string of the molecule is COc1cc(CC(=O)Nc2ccc(S(=O)(=O)N3C(C)CCCC3C)cc2)cc(OC)c1OC. The fourth-order valence-corrected chi connectivity index (χ4v) is 6.21. The number of hydrogen-bond donors (Lipinski definition) is 1. The van der Waals surface area contributed by atoms with Crippen LogP contribution in [0.15, 0.2) is 41.3 Å². The molecule has 9 heteroatoms. The number of sulfonamides is 1. The second-order valence-corrected chi connectivity index (χ2v) is 10.1. The fraction of sp³-hybridized carbons (Fsp3) is 0.458. The van der Waals surface area contributed by atoms with Gasteiger partial charge in [-0.2, -0.15) is 4.31 Å². The van der Waals surface area contributed by atoms with Gasteiger partial charge in [-0.05, 0) is 68.7 Å². The van der Waals surface area contributed by atoms with Crippen molar-refractivity contribution in [3.63, 3.8) is 0 Å². The molecule has 180 valence electrons. The summed E-state index contributed by atoms with van der Waals surface area (Å²) in [5, 5.41) is 2.81. The third-order valence-corrected chi connectivity index (χ3v) is 8.06. The summed E-state index contributed by atoms with van der Waals surface area (Å²) in [5.74, 6) is 1.14. The molecular weight excluding hydrogens is 444 g/mol. The number of amides is 1. The average molecular weight is 477 g/mol. The van der Waals surface area contributed by atoms with E-state index in [4.69, 9.17) is 14.2 Å². The maximum absolute atomic E-state index is 13.2. The molecule has 3 rings (SSSR count). The number of carbonyl (C=O) groups is 1. The lowest BCUT2D eigenvalue weighted by atomic mass is 10.0. The number of ether oxygens (including phenoxy) is 3. The Kier molecular flexibility index (Phi) is 7.86. The van der Waals surface area contributed by atoms with E-state index in [2.05, 4.69) is 5.32 Å². The van der Waals surface area contributed by atoms with E-state index in [-0.39, 0.29) is 29.3 Å². The molecule has 2 aromatic carbocycles. The van der Waals surface area contributed by atoms with Crippen molar-refractivity contribution in [2.45, 2.75) is 56.5 Å². The predicted molar refractivity (Wildman–Crippen MR) is 127 cm³/mol. The van der Waals surface area contributed by atoms with Gasteiger partial charge in [-0.3, -0.25) is 4.79 Å². The molecule has 1 N–H and O–H groups in total. The standard InChI is InChI=1S/C24H32N2O6S/c1-16-7-6-8-17(2)26(16)33(28,29)20-11-9-19(10-12-20)25-23(27)15-18-13-21(30-3)24(32-5)22(14-18)31-4/h9-14,16-17H,6-8,15H2,1-5H3,(H,25,27). The molecule has 2 unspecified atom stereocenters. The number of nitrogens with one attached hydrogen (secondary N) is 1. The number of benzene rings is 2. The second-order valence-electron chi connectivity index (χ2n) is 8.25. The summed E-state index contributed by atoms with van der Waals surface area (Å²) < 4.78 is 43.9. The molecule has 2 aromatic rings. The number of nitrogens with zero attached hydrogens (tertiary/aromatic N) is 1. The van der Waals surface area contributed by atoms with E-state index in [0.29, 0.717) is 28.5 Å². The fourth-order valence-electron chi connectivity index (χ4n) is 4.33. The monoisotopic (exact) mass is 476 g/mol. The maximum atomic E-state index is 13.2. The van der Waals surface area contributed by atoms with Gasteiger partial charge in [-0.1, -0.05) is 6.42 Å². The summed E-state index contributed by atoms with van der Waals surface area (Å²) in [6.45, 7) is 3.90. The van der Waals surface area contributed by atoms with Crippen LogP contribution in [0.4, 0.5) is 5.69 Å². The van der Waals surface area contributed by atoms with Gasteiger partial charge >= 0.3 is 0 Å². The first-order valence-electron chi connectivity index (χ1n) is 10.9. The van der Waals surface area contributed by atoms with Crippen LogP contribution in [0, 0.1) is 0 Å². The van der Waals surface area contributed by atoms with Gasteiger partial charge in [-0.25, -0.2) is 8.42 Å². The summed E-state index contributed by atoms with van der Waals surface area (Å²) >= 11 is 0.